The molecule has 114 valence electrons. The fraction of sp³-hybridized carbons (Fsp3) is 0.467. The Hall–Kier alpha value is -1.66. The first-order valence-corrected chi connectivity index (χ1v) is 7.90. The minimum Gasteiger partial charge on any atom is -0.462 e. The van der Waals surface area contributed by atoms with E-state index in [1.807, 2.05) is 26.8 Å². The lowest BCUT2D eigenvalue weighted by Gasteiger charge is -2.31. The molecule has 2 aromatic heterocycles. The number of furan rings is 1. The van der Waals surface area contributed by atoms with Gasteiger partial charge >= 0.3 is 0 Å². The summed E-state index contributed by atoms with van der Waals surface area (Å²) in [7, 11) is 0. The van der Waals surface area contributed by atoms with Gasteiger partial charge in [-0.15, -0.1) is 11.3 Å². The van der Waals surface area contributed by atoms with Gasteiger partial charge in [-0.2, -0.15) is 0 Å². The number of rotatable bonds is 6. The van der Waals surface area contributed by atoms with Crippen LogP contribution in [0.5, 0.6) is 0 Å². The molecule has 2 heterocycles. The van der Waals surface area contributed by atoms with Gasteiger partial charge < -0.3 is 15.5 Å². The zero-order valence-electron chi connectivity index (χ0n) is 12.6. The summed E-state index contributed by atoms with van der Waals surface area (Å²) in [6, 6.07) is 3.64. The molecule has 0 aliphatic rings. The molecule has 5 nitrogen and oxygen atoms in total. The van der Waals surface area contributed by atoms with Crippen molar-refractivity contribution < 1.29 is 9.21 Å². The lowest BCUT2D eigenvalue weighted by molar-refractivity contribution is 0.0890. The number of carbonyl (C=O) groups is 1. The molecule has 0 saturated carbocycles. The molecular weight excluding hydrogens is 286 g/mol. The number of amides is 1. The van der Waals surface area contributed by atoms with Gasteiger partial charge in [0.15, 0.2) is 10.8 Å². The summed E-state index contributed by atoms with van der Waals surface area (Å²) in [6.07, 6.45) is 3.18. The van der Waals surface area contributed by atoms with Crippen LogP contribution in [0.4, 0.5) is 0 Å². The Morgan fingerprint density at radius 3 is 2.71 bits per heavy atom. The van der Waals surface area contributed by atoms with Crippen molar-refractivity contribution in [2.75, 3.05) is 6.54 Å². The smallest absolute Gasteiger partial charge is 0.271 e. The van der Waals surface area contributed by atoms with Gasteiger partial charge in [0, 0.05) is 11.4 Å². The Labute approximate surface area is 128 Å². The molecule has 0 fully saturated rings. The molecule has 2 rings (SSSR count). The van der Waals surface area contributed by atoms with Crippen molar-refractivity contribution in [1.29, 1.82) is 0 Å². The van der Waals surface area contributed by atoms with Crippen molar-refractivity contribution in [2.45, 2.75) is 39.2 Å². The summed E-state index contributed by atoms with van der Waals surface area (Å²) in [5.74, 6) is 0.508. The van der Waals surface area contributed by atoms with Gasteiger partial charge in [-0.25, -0.2) is 4.98 Å². The van der Waals surface area contributed by atoms with Crippen LogP contribution in [0.2, 0.25) is 0 Å². The molecule has 0 unspecified atom stereocenters. The van der Waals surface area contributed by atoms with Crippen molar-refractivity contribution >= 4 is 17.2 Å². The van der Waals surface area contributed by atoms with E-state index in [-0.39, 0.29) is 11.4 Å². The van der Waals surface area contributed by atoms with Crippen LogP contribution < -0.4 is 11.1 Å². The van der Waals surface area contributed by atoms with Gasteiger partial charge in [-0.05, 0) is 31.9 Å². The minimum absolute atomic E-state index is 0.171. The fourth-order valence-electron chi connectivity index (χ4n) is 2.18. The minimum atomic E-state index is -0.363. The lowest BCUT2D eigenvalue weighted by Crippen LogP contribution is -2.53. The van der Waals surface area contributed by atoms with Crippen molar-refractivity contribution in [3.05, 3.63) is 29.0 Å². The molecule has 0 bridgehead atoms. The largest absolute Gasteiger partial charge is 0.462 e. The number of carbonyl (C=O) groups excluding carboxylic acids is 1. The average Bonchev–Trinajstić information content (AvgIpc) is 3.14. The Kier molecular flexibility index (Phi) is 4.80. The molecule has 21 heavy (non-hydrogen) atoms. The molecule has 0 aliphatic carbocycles. The Balaban J connectivity index is 2.24. The number of nitrogens with one attached hydrogen (secondary N) is 1. The number of thiazole rings is 1. The summed E-state index contributed by atoms with van der Waals surface area (Å²) in [5, 5.41) is 3.76. The number of aryl methyl sites for hydroxylation is 1. The van der Waals surface area contributed by atoms with E-state index < -0.39 is 0 Å². The van der Waals surface area contributed by atoms with Crippen molar-refractivity contribution in [1.82, 2.24) is 10.3 Å². The number of aromatic nitrogens is 1. The average molecular weight is 307 g/mol. The second-order valence-corrected chi connectivity index (χ2v) is 6.25. The second kappa shape index (κ2) is 6.41. The summed E-state index contributed by atoms with van der Waals surface area (Å²) in [6.45, 7) is 6.36. The number of hydrogen-bond donors (Lipinski definition) is 2. The van der Waals surface area contributed by atoms with E-state index in [0.29, 0.717) is 23.0 Å². The molecule has 2 aromatic rings. The molecule has 3 N–H and O–H groups in total. The summed E-state index contributed by atoms with van der Waals surface area (Å²) in [4.78, 5) is 17.8. The highest BCUT2D eigenvalue weighted by Crippen LogP contribution is 2.28. The van der Waals surface area contributed by atoms with E-state index in [1.54, 1.807) is 12.3 Å². The highest BCUT2D eigenvalue weighted by atomic mass is 32.1. The van der Waals surface area contributed by atoms with E-state index in [9.17, 15) is 4.79 Å². The molecule has 0 atom stereocenters. The zero-order chi connectivity index (χ0) is 15.5. The Bertz CT molecular complexity index is 592. The van der Waals surface area contributed by atoms with Crippen LogP contribution in [0.3, 0.4) is 0 Å². The van der Waals surface area contributed by atoms with Gasteiger partial charge in [0.25, 0.3) is 5.91 Å². The number of hydrogen-bond acceptors (Lipinski definition) is 5. The van der Waals surface area contributed by atoms with Gasteiger partial charge in [0.1, 0.15) is 5.69 Å². The predicted molar refractivity (Wildman–Crippen MR) is 84.4 cm³/mol. The third-order valence-corrected chi connectivity index (χ3v) is 4.85. The molecule has 0 aliphatic heterocycles. The molecule has 0 aromatic carbocycles. The maximum atomic E-state index is 12.5. The van der Waals surface area contributed by atoms with Crippen LogP contribution >= 0.6 is 11.3 Å². The molecule has 0 radical (unpaired) electrons. The first-order chi connectivity index (χ1) is 10.0. The van der Waals surface area contributed by atoms with E-state index in [4.69, 9.17) is 10.2 Å². The van der Waals surface area contributed by atoms with Gasteiger partial charge in [0.2, 0.25) is 0 Å². The van der Waals surface area contributed by atoms with E-state index in [0.717, 1.165) is 17.7 Å². The topological polar surface area (TPSA) is 81.1 Å². The van der Waals surface area contributed by atoms with Gasteiger partial charge in [0.05, 0.1) is 11.8 Å². The van der Waals surface area contributed by atoms with Crippen LogP contribution in [0, 0.1) is 6.92 Å². The van der Waals surface area contributed by atoms with Crippen molar-refractivity contribution in [3.8, 4) is 10.8 Å². The van der Waals surface area contributed by atoms with Gasteiger partial charge in [-0.3, -0.25) is 4.79 Å². The van der Waals surface area contributed by atoms with Crippen LogP contribution in [0.1, 0.15) is 42.1 Å². The van der Waals surface area contributed by atoms with Crippen molar-refractivity contribution in [2.24, 2.45) is 5.73 Å². The number of nitrogens with two attached hydrogens (primary N) is 1. The van der Waals surface area contributed by atoms with Crippen LogP contribution in [-0.4, -0.2) is 23.0 Å². The fourth-order valence-corrected chi connectivity index (χ4v) is 3.06. The quantitative estimate of drug-likeness (QED) is 0.859. The Morgan fingerprint density at radius 1 is 1.48 bits per heavy atom. The van der Waals surface area contributed by atoms with Crippen molar-refractivity contribution in [3.63, 3.8) is 0 Å². The SMILES string of the molecule is CCC(CC)(CN)NC(=O)c1nc(-c2ccco2)sc1C. The Morgan fingerprint density at radius 2 is 2.19 bits per heavy atom. The third-order valence-electron chi connectivity index (χ3n) is 3.87. The van der Waals surface area contributed by atoms with E-state index in [2.05, 4.69) is 10.3 Å². The van der Waals surface area contributed by atoms with E-state index >= 15 is 0 Å². The highest BCUT2D eigenvalue weighted by molar-refractivity contribution is 7.15. The lowest BCUT2D eigenvalue weighted by atomic mass is 9.93. The second-order valence-electron chi connectivity index (χ2n) is 5.05. The molecule has 0 saturated heterocycles. The first-order valence-electron chi connectivity index (χ1n) is 7.09. The summed E-state index contributed by atoms with van der Waals surface area (Å²) >= 11 is 1.45. The maximum Gasteiger partial charge on any atom is 0.271 e. The summed E-state index contributed by atoms with van der Waals surface area (Å²) in [5.41, 5.74) is 5.92. The molecule has 6 heteroatoms. The molecular formula is C15H21N3O2S. The normalized spacial score (nSPS) is 11.6. The zero-order valence-corrected chi connectivity index (χ0v) is 13.4. The standard InChI is InChI=1S/C15H21N3O2S/c1-4-15(5-2,9-16)18-13(19)12-10(3)21-14(17-12)11-7-6-8-20-11/h6-8H,4-5,9,16H2,1-3H3,(H,18,19). The molecule has 1 amide bonds. The van der Waals surface area contributed by atoms with Gasteiger partial charge in [-0.1, -0.05) is 13.8 Å². The number of nitrogens with zero attached hydrogens (tertiary/aromatic N) is 1. The maximum absolute atomic E-state index is 12.5. The summed E-state index contributed by atoms with van der Waals surface area (Å²) < 4.78 is 5.33. The first kappa shape index (κ1) is 15.7. The van der Waals surface area contributed by atoms with Crippen LogP contribution in [0.25, 0.3) is 10.8 Å². The highest BCUT2D eigenvalue weighted by Gasteiger charge is 2.28. The van der Waals surface area contributed by atoms with Crippen LogP contribution in [0.15, 0.2) is 22.8 Å². The predicted octanol–water partition coefficient (Wildman–Crippen LogP) is 2.96. The van der Waals surface area contributed by atoms with Crippen LogP contribution in [-0.2, 0) is 0 Å². The van der Waals surface area contributed by atoms with E-state index in [1.165, 1.54) is 11.3 Å². The third kappa shape index (κ3) is 3.16. The monoisotopic (exact) mass is 307 g/mol. The molecule has 0 spiro atoms.